The molecule has 0 aliphatic heterocycles. The van der Waals surface area contributed by atoms with Crippen LogP contribution in [0.4, 0.5) is 8.78 Å². The molecule has 0 bridgehead atoms. The van der Waals surface area contributed by atoms with Crippen LogP contribution < -0.4 is 9.46 Å². The first-order chi connectivity index (χ1) is 13.3. The molecule has 28 heavy (non-hydrogen) atoms. The molecule has 0 heterocycles. The molecule has 0 saturated heterocycles. The maximum absolute atomic E-state index is 14.3. The van der Waals surface area contributed by atoms with Crippen molar-refractivity contribution >= 4 is 10.0 Å². The summed E-state index contributed by atoms with van der Waals surface area (Å²) in [5, 5.41) is 0. The lowest BCUT2D eigenvalue weighted by atomic mass is 9.95. The highest BCUT2D eigenvalue weighted by Gasteiger charge is 2.22. The van der Waals surface area contributed by atoms with E-state index in [9.17, 15) is 17.2 Å². The highest BCUT2D eigenvalue weighted by atomic mass is 32.2. The van der Waals surface area contributed by atoms with E-state index in [-0.39, 0.29) is 10.5 Å². The second-order valence-corrected chi connectivity index (χ2v) is 7.95. The molecule has 1 N–H and O–H groups in total. The number of benzene rings is 3. The third kappa shape index (κ3) is 4.21. The van der Waals surface area contributed by atoms with Gasteiger partial charge in [0, 0.05) is 17.7 Å². The molecule has 0 radical (unpaired) electrons. The highest BCUT2D eigenvalue weighted by Crippen LogP contribution is 2.31. The van der Waals surface area contributed by atoms with Crippen LogP contribution in [0.3, 0.4) is 0 Å². The first-order valence-electron chi connectivity index (χ1n) is 8.52. The molecular weight excluding hydrogens is 384 g/mol. The first-order valence-corrected chi connectivity index (χ1v) is 10.0. The minimum absolute atomic E-state index is 0.0492. The molecule has 0 aliphatic carbocycles. The van der Waals surface area contributed by atoms with E-state index in [1.54, 1.807) is 43.3 Å². The zero-order valence-electron chi connectivity index (χ0n) is 15.3. The van der Waals surface area contributed by atoms with Crippen LogP contribution in [0.2, 0.25) is 0 Å². The number of hydrogen-bond acceptors (Lipinski definition) is 3. The van der Waals surface area contributed by atoms with Gasteiger partial charge in [-0.2, -0.15) is 0 Å². The van der Waals surface area contributed by atoms with Crippen LogP contribution >= 0.6 is 0 Å². The Hall–Kier alpha value is -2.77. The standard InChI is InChI=1S/C21H19F2NO3S/c1-14(24-28(25,26)17-7-5-6-16(13-17)27-2)18-8-3-4-9-19(18)20-12-15(22)10-11-21(20)23/h3-14,24H,1-2H3. The highest BCUT2D eigenvalue weighted by molar-refractivity contribution is 7.89. The van der Waals surface area contributed by atoms with E-state index in [4.69, 9.17) is 4.74 Å². The van der Waals surface area contributed by atoms with Gasteiger partial charge in [-0.3, -0.25) is 0 Å². The molecule has 4 nitrogen and oxygen atoms in total. The average molecular weight is 403 g/mol. The van der Waals surface area contributed by atoms with Crippen molar-refractivity contribution in [2.45, 2.75) is 17.9 Å². The van der Waals surface area contributed by atoms with Gasteiger partial charge >= 0.3 is 0 Å². The maximum atomic E-state index is 14.3. The fourth-order valence-electron chi connectivity index (χ4n) is 2.96. The monoisotopic (exact) mass is 403 g/mol. The molecule has 1 atom stereocenters. The van der Waals surface area contributed by atoms with Crippen LogP contribution in [0.1, 0.15) is 18.5 Å². The number of hydrogen-bond donors (Lipinski definition) is 1. The van der Waals surface area contributed by atoms with Gasteiger partial charge < -0.3 is 4.74 Å². The largest absolute Gasteiger partial charge is 0.497 e. The number of ether oxygens (including phenoxy) is 1. The Balaban J connectivity index is 1.97. The van der Waals surface area contributed by atoms with Crippen LogP contribution in [0.5, 0.6) is 5.75 Å². The maximum Gasteiger partial charge on any atom is 0.241 e. The van der Waals surface area contributed by atoms with E-state index < -0.39 is 27.7 Å². The average Bonchev–Trinajstić information content (AvgIpc) is 2.69. The summed E-state index contributed by atoms with van der Waals surface area (Å²) in [5.41, 5.74) is 1.02. The Kier molecular flexibility index (Phi) is 5.76. The molecule has 3 aromatic carbocycles. The zero-order valence-corrected chi connectivity index (χ0v) is 16.1. The fraction of sp³-hybridized carbons (Fsp3) is 0.143. The molecule has 3 aromatic rings. The van der Waals surface area contributed by atoms with Crippen molar-refractivity contribution in [3.63, 3.8) is 0 Å². The van der Waals surface area contributed by atoms with E-state index in [0.717, 1.165) is 18.2 Å². The Labute approximate surface area is 162 Å². The van der Waals surface area contributed by atoms with Crippen molar-refractivity contribution in [3.8, 4) is 16.9 Å². The summed E-state index contributed by atoms with van der Waals surface area (Å²) in [4.78, 5) is 0.0492. The summed E-state index contributed by atoms with van der Waals surface area (Å²) in [6, 6.07) is 15.3. The quantitative estimate of drug-likeness (QED) is 0.650. The molecule has 7 heteroatoms. The number of rotatable bonds is 6. The first kappa shape index (κ1) is 20.0. The van der Waals surface area contributed by atoms with Gasteiger partial charge in [0.15, 0.2) is 0 Å². The topological polar surface area (TPSA) is 55.4 Å². The summed E-state index contributed by atoms with van der Waals surface area (Å²) >= 11 is 0. The summed E-state index contributed by atoms with van der Waals surface area (Å²) in [5.74, 6) is -0.745. The van der Waals surface area contributed by atoms with Crippen molar-refractivity contribution in [1.29, 1.82) is 0 Å². The molecule has 1 unspecified atom stereocenters. The van der Waals surface area contributed by atoms with Gasteiger partial charge in [0.2, 0.25) is 10.0 Å². The smallest absolute Gasteiger partial charge is 0.241 e. The lowest BCUT2D eigenvalue weighted by Crippen LogP contribution is -2.27. The second kappa shape index (κ2) is 8.08. The number of nitrogens with one attached hydrogen (secondary N) is 1. The molecule has 146 valence electrons. The fourth-order valence-corrected chi connectivity index (χ4v) is 4.21. The number of halogens is 2. The van der Waals surface area contributed by atoms with Crippen LogP contribution in [0, 0.1) is 11.6 Å². The third-order valence-corrected chi connectivity index (χ3v) is 5.87. The predicted octanol–water partition coefficient (Wildman–Crippen LogP) is 4.68. The lowest BCUT2D eigenvalue weighted by Gasteiger charge is -2.19. The van der Waals surface area contributed by atoms with Crippen LogP contribution in [0.15, 0.2) is 71.6 Å². The van der Waals surface area contributed by atoms with Crippen molar-refractivity contribution in [3.05, 3.63) is 83.9 Å². The van der Waals surface area contributed by atoms with Crippen molar-refractivity contribution in [1.82, 2.24) is 4.72 Å². The molecule has 0 aromatic heterocycles. The Morgan fingerprint density at radius 3 is 2.43 bits per heavy atom. The Morgan fingerprint density at radius 2 is 1.68 bits per heavy atom. The number of sulfonamides is 1. The van der Waals surface area contributed by atoms with E-state index in [1.165, 1.54) is 19.2 Å². The molecule has 0 fully saturated rings. The summed E-state index contributed by atoms with van der Waals surface area (Å²) in [7, 11) is -2.41. The van der Waals surface area contributed by atoms with Gasteiger partial charge in [0.1, 0.15) is 17.4 Å². The lowest BCUT2D eigenvalue weighted by molar-refractivity contribution is 0.413. The summed E-state index contributed by atoms with van der Waals surface area (Å²) in [6.07, 6.45) is 0. The van der Waals surface area contributed by atoms with Gasteiger partial charge in [-0.25, -0.2) is 21.9 Å². The Bertz CT molecular complexity index is 1100. The zero-order chi connectivity index (χ0) is 20.3. The van der Waals surface area contributed by atoms with Crippen molar-refractivity contribution in [2.24, 2.45) is 0 Å². The van der Waals surface area contributed by atoms with Gasteiger partial charge in [-0.05, 0) is 48.4 Å². The van der Waals surface area contributed by atoms with E-state index in [1.807, 2.05) is 0 Å². The predicted molar refractivity (Wildman–Crippen MR) is 104 cm³/mol. The molecule has 0 amide bonds. The molecule has 0 aliphatic rings. The van der Waals surface area contributed by atoms with E-state index in [2.05, 4.69) is 4.72 Å². The Morgan fingerprint density at radius 1 is 0.929 bits per heavy atom. The van der Waals surface area contributed by atoms with Crippen molar-refractivity contribution < 1.29 is 21.9 Å². The van der Waals surface area contributed by atoms with E-state index in [0.29, 0.717) is 16.9 Å². The SMILES string of the molecule is COc1cccc(S(=O)(=O)NC(C)c2ccccc2-c2cc(F)ccc2F)c1. The summed E-state index contributed by atoms with van der Waals surface area (Å²) in [6.45, 7) is 1.65. The minimum Gasteiger partial charge on any atom is -0.497 e. The van der Waals surface area contributed by atoms with Gasteiger partial charge in [0.05, 0.1) is 12.0 Å². The second-order valence-electron chi connectivity index (χ2n) is 6.23. The van der Waals surface area contributed by atoms with E-state index >= 15 is 0 Å². The van der Waals surface area contributed by atoms with Crippen LogP contribution in [0.25, 0.3) is 11.1 Å². The van der Waals surface area contributed by atoms with Crippen LogP contribution in [-0.4, -0.2) is 15.5 Å². The van der Waals surface area contributed by atoms with Crippen LogP contribution in [-0.2, 0) is 10.0 Å². The van der Waals surface area contributed by atoms with Crippen molar-refractivity contribution in [2.75, 3.05) is 7.11 Å². The normalized spacial score (nSPS) is 12.6. The number of methoxy groups -OCH3 is 1. The van der Waals surface area contributed by atoms with Gasteiger partial charge in [0.25, 0.3) is 0 Å². The third-order valence-electron chi connectivity index (χ3n) is 4.33. The molecule has 0 spiro atoms. The molecule has 3 rings (SSSR count). The molecular formula is C21H19F2NO3S. The molecule has 0 saturated carbocycles. The summed E-state index contributed by atoms with van der Waals surface area (Å²) < 4.78 is 61.1. The van der Waals surface area contributed by atoms with Gasteiger partial charge in [-0.15, -0.1) is 0 Å². The van der Waals surface area contributed by atoms with Gasteiger partial charge in [-0.1, -0.05) is 30.3 Å². The minimum atomic E-state index is -3.86.